The van der Waals surface area contributed by atoms with Crippen molar-refractivity contribution in [1.82, 2.24) is 0 Å². The van der Waals surface area contributed by atoms with Crippen molar-refractivity contribution < 1.29 is 14.5 Å². The molecule has 2 aromatic rings. The molecule has 27 heavy (non-hydrogen) atoms. The molecule has 1 saturated heterocycles. The van der Waals surface area contributed by atoms with Gasteiger partial charge in [-0.25, -0.2) is 0 Å². The highest BCUT2D eigenvalue weighted by molar-refractivity contribution is 5.33. The number of ether oxygens (including phenoxy) is 1. The summed E-state index contributed by atoms with van der Waals surface area (Å²) in [6, 6.07) is 18.6. The van der Waals surface area contributed by atoms with Gasteiger partial charge in [-0.2, -0.15) is 0 Å². The molecule has 1 atom stereocenters. The van der Waals surface area contributed by atoms with Crippen LogP contribution < -0.4 is 14.5 Å². The molecule has 2 aromatic carbocycles. The number of hydrogen-bond acceptors (Lipinski definition) is 1. The topological polar surface area (TPSA) is 18.1 Å². The van der Waals surface area contributed by atoms with Crippen LogP contribution in [-0.4, -0.2) is 32.7 Å². The van der Waals surface area contributed by atoms with E-state index in [1.54, 1.807) is 4.90 Å². The third-order valence-corrected chi connectivity index (χ3v) is 5.95. The largest absolute Gasteiger partial charge is 0.457 e. The molecule has 0 bridgehead atoms. The molecule has 0 saturated carbocycles. The van der Waals surface area contributed by atoms with Crippen molar-refractivity contribution in [3.05, 3.63) is 72.3 Å². The molecule has 2 N–H and O–H groups in total. The number of para-hydroxylation sites is 1. The van der Waals surface area contributed by atoms with Crippen LogP contribution in [0.15, 0.2) is 66.7 Å². The fourth-order valence-electron chi connectivity index (χ4n) is 4.42. The van der Waals surface area contributed by atoms with Gasteiger partial charge in [-0.05, 0) is 43.5 Å². The van der Waals surface area contributed by atoms with E-state index in [1.807, 2.05) is 41.3 Å². The lowest BCUT2D eigenvalue weighted by Crippen LogP contribution is -3.27. The number of quaternary nitrogens is 2. The summed E-state index contributed by atoms with van der Waals surface area (Å²) < 4.78 is 5.99. The summed E-state index contributed by atoms with van der Waals surface area (Å²) in [7, 11) is 0. The minimum atomic E-state index is 0.900. The van der Waals surface area contributed by atoms with E-state index in [0.29, 0.717) is 0 Å². The second-order valence-corrected chi connectivity index (χ2v) is 8.09. The number of hydrogen-bond donors (Lipinski definition) is 2. The zero-order valence-corrected chi connectivity index (χ0v) is 16.2. The molecule has 0 amide bonds. The molecule has 0 unspecified atom stereocenters. The molecule has 0 radical (unpaired) electrons. The quantitative estimate of drug-likeness (QED) is 0.752. The van der Waals surface area contributed by atoms with Crippen LogP contribution in [-0.2, 0) is 6.54 Å². The van der Waals surface area contributed by atoms with Gasteiger partial charge in [-0.15, -0.1) is 0 Å². The Balaban J connectivity index is 1.26. The third kappa shape index (κ3) is 5.44. The Morgan fingerprint density at radius 2 is 1.59 bits per heavy atom. The highest BCUT2D eigenvalue weighted by Crippen LogP contribution is 2.21. The Morgan fingerprint density at radius 3 is 2.37 bits per heavy atom. The van der Waals surface area contributed by atoms with Gasteiger partial charge < -0.3 is 14.5 Å². The maximum absolute atomic E-state index is 5.99. The predicted octanol–water partition coefficient (Wildman–Crippen LogP) is 2.12. The Hall–Kier alpha value is -2.10. The highest BCUT2D eigenvalue weighted by Gasteiger charge is 2.25. The molecule has 3 heteroatoms. The van der Waals surface area contributed by atoms with Gasteiger partial charge in [-0.3, -0.25) is 0 Å². The lowest BCUT2D eigenvalue weighted by Gasteiger charge is -2.32. The first-order valence-electron chi connectivity index (χ1n) is 10.5. The van der Waals surface area contributed by atoms with Crippen LogP contribution in [0.5, 0.6) is 11.5 Å². The predicted molar refractivity (Wildman–Crippen MR) is 109 cm³/mol. The highest BCUT2D eigenvalue weighted by atomic mass is 16.5. The second kappa shape index (κ2) is 9.20. The van der Waals surface area contributed by atoms with Gasteiger partial charge in [0, 0.05) is 11.5 Å². The summed E-state index contributed by atoms with van der Waals surface area (Å²) in [5.41, 5.74) is 1.37. The first-order chi connectivity index (χ1) is 13.3. The van der Waals surface area contributed by atoms with E-state index < -0.39 is 0 Å². The summed E-state index contributed by atoms with van der Waals surface area (Å²) >= 11 is 0. The van der Waals surface area contributed by atoms with Crippen LogP contribution in [0.4, 0.5) is 0 Å². The molecule has 142 valence electrons. The minimum absolute atomic E-state index is 0.900. The zero-order valence-electron chi connectivity index (χ0n) is 16.2. The fraction of sp³-hybridized carbons (Fsp3) is 0.417. The average Bonchev–Trinajstić information content (AvgIpc) is 2.71. The Morgan fingerprint density at radius 1 is 0.815 bits per heavy atom. The van der Waals surface area contributed by atoms with Gasteiger partial charge in [0.1, 0.15) is 44.2 Å². The maximum atomic E-state index is 5.99. The fourth-order valence-corrected chi connectivity index (χ4v) is 4.42. The third-order valence-electron chi connectivity index (χ3n) is 5.95. The number of piperazine rings is 1. The lowest BCUT2D eigenvalue weighted by atomic mass is 9.94. The summed E-state index contributed by atoms with van der Waals surface area (Å²) in [4.78, 5) is 3.53. The van der Waals surface area contributed by atoms with Crippen LogP contribution in [0.1, 0.15) is 24.8 Å². The number of rotatable bonds is 6. The monoisotopic (exact) mass is 364 g/mol. The Labute approximate surface area is 163 Å². The van der Waals surface area contributed by atoms with Gasteiger partial charge in [0.05, 0.1) is 6.54 Å². The molecule has 0 aromatic heterocycles. The smallest absolute Gasteiger partial charge is 0.127 e. The van der Waals surface area contributed by atoms with Gasteiger partial charge in [-0.1, -0.05) is 42.5 Å². The summed E-state index contributed by atoms with van der Waals surface area (Å²) in [5, 5.41) is 0. The zero-order chi connectivity index (χ0) is 18.3. The van der Waals surface area contributed by atoms with Gasteiger partial charge in [0.2, 0.25) is 0 Å². The maximum Gasteiger partial charge on any atom is 0.127 e. The Bertz CT molecular complexity index is 735. The van der Waals surface area contributed by atoms with E-state index in [2.05, 4.69) is 30.4 Å². The van der Waals surface area contributed by atoms with Crippen molar-refractivity contribution in [2.24, 2.45) is 5.92 Å². The van der Waals surface area contributed by atoms with Crippen molar-refractivity contribution in [1.29, 1.82) is 0 Å². The summed E-state index contributed by atoms with van der Waals surface area (Å²) in [6.45, 7) is 7.66. The van der Waals surface area contributed by atoms with E-state index >= 15 is 0 Å². The summed E-state index contributed by atoms with van der Waals surface area (Å²) in [6.07, 6.45) is 8.72. The standard InChI is InChI=1S/C24H30N2O/c1-3-8-21(9-4-1)19-25-14-16-26(17-15-25)20-22-10-7-13-24(18-22)27-23-11-5-2-6-12-23/h1-3,5-7,10-13,18,21H,4,8-9,14-17,19-20H2/p+2/t21-/m0/s1. The lowest BCUT2D eigenvalue weighted by molar-refractivity contribution is -1.02. The molecule has 3 nitrogen and oxygen atoms in total. The Kier molecular flexibility index (Phi) is 6.23. The van der Waals surface area contributed by atoms with Crippen LogP contribution in [0, 0.1) is 5.92 Å². The van der Waals surface area contributed by atoms with E-state index in [0.717, 1.165) is 24.0 Å². The van der Waals surface area contributed by atoms with Crippen molar-refractivity contribution in [3.63, 3.8) is 0 Å². The number of nitrogens with one attached hydrogen (secondary N) is 2. The van der Waals surface area contributed by atoms with Crippen LogP contribution in [0.25, 0.3) is 0 Å². The molecule has 0 spiro atoms. The van der Waals surface area contributed by atoms with Gasteiger partial charge >= 0.3 is 0 Å². The second-order valence-electron chi connectivity index (χ2n) is 8.09. The van der Waals surface area contributed by atoms with Crippen molar-refractivity contribution >= 4 is 0 Å². The summed E-state index contributed by atoms with van der Waals surface area (Å²) in [5.74, 6) is 2.75. The molecule has 1 aliphatic heterocycles. The van der Waals surface area contributed by atoms with Crippen LogP contribution >= 0.6 is 0 Å². The van der Waals surface area contributed by atoms with Crippen molar-refractivity contribution in [2.45, 2.75) is 25.8 Å². The normalized spacial score (nSPS) is 25.3. The number of benzene rings is 2. The molecule has 1 fully saturated rings. The van der Waals surface area contributed by atoms with E-state index in [1.165, 1.54) is 57.5 Å². The first kappa shape index (κ1) is 18.3. The molecule has 2 aliphatic rings. The number of allylic oxidation sites excluding steroid dienone is 2. The SMILES string of the molecule is C1=CC[C@H](C[NH+]2CC[NH+](Cc3cccc(Oc4ccccc4)c3)CC2)CC1. The minimum Gasteiger partial charge on any atom is -0.457 e. The van der Waals surface area contributed by atoms with Crippen molar-refractivity contribution in [3.8, 4) is 11.5 Å². The van der Waals surface area contributed by atoms with Crippen LogP contribution in [0.3, 0.4) is 0 Å². The van der Waals surface area contributed by atoms with Crippen molar-refractivity contribution in [2.75, 3.05) is 32.7 Å². The van der Waals surface area contributed by atoms with Crippen LogP contribution in [0.2, 0.25) is 0 Å². The van der Waals surface area contributed by atoms with E-state index in [9.17, 15) is 0 Å². The average molecular weight is 365 g/mol. The molecule has 1 heterocycles. The van der Waals surface area contributed by atoms with E-state index in [4.69, 9.17) is 4.74 Å². The molecule has 1 aliphatic carbocycles. The molecular weight excluding hydrogens is 332 g/mol. The van der Waals surface area contributed by atoms with Gasteiger partial charge in [0.15, 0.2) is 0 Å². The van der Waals surface area contributed by atoms with Gasteiger partial charge in [0.25, 0.3) is 0 Å². The van der Waals surface area contributed by atoms with E-state index in [-0.39, 0.29) is 0 Å². The molecular formula is C24H32N2O+2. The first-order valence-corrected chi connectivity index (χ1v) is 10.5. The molecule has 4 rings (SSSR count).